The Labute approximate surface area is 148 Å². The summed E-state index contributed by atoms with van der Waals surface area (Å²) in [5, 5.41) is 1.72. The molecule has 0 saturated carbocycles. The van der Waals surface area contributed by atoms with Crippen molar-refractivity contribution < 1.29 is 0 Å². The molecule has 118 valence electrons. The van der Waals surface area contributed by atoms with Gasteiger partial charge in [0.2, 0.25) is 0 Å². The molecule has 4 aromatic rings. The van der Waals surface area contributed by atoms with Gasteiger partial charge in [0, 0.05) is 29.4 Å². The molecule has 0 atom stereocenters. The smallest absolute Gasteiger partial charge is 0.124 e. The lowest BCUT2D eigenvalue weighted by atomic mass is 10.1. The molecule has 6 heteroatoms. The Morgan fingerprint density at radius 2 is 1.79 bits per heavy atom. The van der Waals surface area contributed by atoms with Gasteiger partial charge in [0.05, 0.1) is 28.8 Å². The first-order valence-electron chi connectivity index (χ1n) is 7.43. The van der Waals surface area contributed by atoms with Crippen LogP contribution in [0.5, 0.6) is 0 Å². The van der Waals surface area contributed by atoms with Crippen molar-refractivity contribution in [2.24, 2.45) is 0 Å². The summed E-state index contributed by atoms with van der Waals surface area (Å²) in [5.74, 6) is 0. The highest BCUT2D eigenvalue weighted by Gasteiger charge is 2.15. The van der Waals surface area contributed by atoms with Crippen LogP contribution in [-0.2, 0) is 6.42 Å². The van der Waals surface area contributed by atoms with E-state index in [4.69, 9.17) is 16.6 Å². The van der Waals surface area contributed by atoms with Crippen molar-refractivity contribution >= 4 is 22.9 Å². The summed E-state index contributed by atoms with van der Waals surface area (Å²) in [6, 6.07) is 11.8. The Balaban J connectivity index is 1.76. The van der Waals surface area contributed by atoms with Crippen LogP contribution < -0.4 is 0 Å². The zero-order valence-electron chi connectivity index (χ0n) is 12.6. The van der Waals surface area contributed by atoms with Crippen molar-refractivity contribution in [1.29, 1.82) is 0 Å². The van der Waals surface area contributed by atoms with E-state index in [0.29, 0.717) is 0 Å². The summed E-state index contributed by atoms with van der Waals surface area (Å²) in [4.78, 5) is 17.4. The van der Waals surface area contributed by atoms with Gasteiger partial charge in [-0.3, -0.25) is 4.98 Å². The number of thiazole rings is 1. The SMILES string of the molecule is Clc1ccc(Cc2nc(-c3ccncc3)sc2-c2cnc[nH]2)cc1. The highest BCUT2D eigenvalue weighted by Crippen LogP contribution is 2.35. The molecule has 0 radical (unpaired) electrons. The average Bonchev–Trinajstić information content (AvgIpc) is 3.27. The largest absolute Gasteiger partial charge is 0.344 e. The zero-order chi connectivity index (χ0) is 16.4. The first-order valence-corrected chi connectivity index (χ1v) is 8.62. The monoisotopic (exact) mass is 352 g/mol. The minimum Gasteiger partial charge on any atom is -0.344 e. The molecule has 4 rings (SSSR count). The Morgan fingerprint density at radius 1 is 1.00 bits per heavy atom. The van der Waals surface area contributed by atoms with Gasteiger partial charge in [0.15, 0.2) is 0 Å². The maximum Gasteiger partial charge on any atom is 0.124 e. The van der Waals surface area contributed by atoms with E-state index in [1.165, 1.54) is 5.56 Å². The number of aromatic nitrogens is 4. The summed E-state index contributed by atoms with van der Waals surface area (Å²) in [6.07, 6.45) is 7.83. The van der Waals surface area contributed by atoms with Gasteiger partial charge in [-0.05, 0) is 29.8 Å². The topological polar surface area (TPSA) is 54.5 Å². The molecule has 3 heterocycles. The third-order valence-electron chi connectivity index (χ3n) is 3.65. The van der Waals surface area contributed by atoms with Crippen LogP contribution in [0.2, 0.25) is 5.02 Å². The number of hydrogen-bond donors (Lipinski definition) is 1. The number of rotatable bonds is 4. The molecule has 0 fully saturated rings. The van der Waals surface area contributed by atoms with E-state index in [1.807, 2.05) is 42.6 Å². The Morgan fingerprint density at radius 3 is 2.50 bits per heavy atom. The molecule has 0 unspecified atom stereocenters. The van der Waals surface area contributed by atoms with Crippen LogP contribution in [0.15, 0.2) is 61.3 Å². The predicted octanol–water partition coefficient (Wildman–Crippen LogP) is 4.84. The van der Waals surface area contributed by atoms with Crippen LogP contribution in [0.3, 0.4) is 0 Å². The number of nitrogens with zero attached hydrogens (tertiary/aromatic N) is 3. The molecule has 24 heavy (non-hydrogen) atoms. The van der Waals surface area contributed by atoms with Gasteiger partial charge in [-0.15, -0.1) is 11.3 Å². The van der Waals surface area contributed by atoms with Crippen LogP contribution in [0, 0.1) is 0 Å². The summed E-state index contributed by atoms with van der Waals surface area (Å²) in [5.41, 5.74) is 4.25. The second kappa shape index (κ2) is 6.55. The van der Waals surface area contributed by atoms with E-state index in [9.17, 15) is 0 Å². The fourth-order valence-electron chi connectivity index (χ4n) is 2.48. The van der Waals surface area contributed by atoms with Gasteiger partial charge in [0.1, 0.15) is 5.01 Å². The second-order valence-electron chi connectivity index (χ2n) is 5.30. The normalized spacial score (nSPS) is 10.9. The van der Waals surface area contributed by atoms with E-state index in [1.54, 1.807) is 30.1 Å². The Kier molecular flexibility index (Phi) is 4.11. The molecule has 0 spiro atoms. The molecule has 0 aliphatic rings. The van der Waals surface area contributed by atoms with Crippen LogP contribution >= 0.6 is 22.9 Å². The Bertz CT molecular complexity index is 931. The summed E-state index contributed by atoms with van der Waals surface area (Å²) < 4.78 is 0. The molecule has 0 aliphatic heterocycles. The fraction of sp³-hybridized carbons (Fsp3) is 0.0556. The van der Waals surface area contributed by atoms with Gasteiger partial charge < -0.3 is 4.98 Å². The molecule has 0 saturated heterocycles. The summed E-state index contributed by atoms with van der Waals surface area (Å²) >= 11 is 7.64. The number of H-pyrrole nitrogens is 1. The van der Waals surface area contributed by atoms with Gasteiger partial charge in [-0.2, -0.15) is 0 Å². The van der Waals surface area contributed by atoms with Crippen LogP contribution in [-0.4, -0.2) is 19.9 Å². The number of aromatic amines is 1. The number of nitrogens with one attached hydrogen (secondary N) is 1. The lowest BCUT2D eigenvalue weighted by molar-refractivity contribution is 1.11. The van der Waals surface area contributed by atoms with E-state index >= 15 is 0 Å². The summed E-state index contributed by atoms with van der Waals surface area (Å²) in [6.45, 7) is 0. The third kappa shape index (κ3) is 3.09. The Hall–Kier alpha value is -2.50. The molecule has 0 bridgehead atoms. The van der Waals surface area contributed by atoms with E-state index in [2.05, 4.69) is 15.0 Å². The molecule has 4 nitrogen and oxygen atoms in total. The summed E-state index contributed by atoms with van der Waals surface area (Å²) in [7, 11) is 0. The standard InChI is InChI=1S/C18H13ClN4S/c19-14-3-1-12(2-4-14)9-15-17(16-10-21-11-22-16)24-18(23-15)13-5-7-20-8-6-13/h1-8,10-11H,9H2,(H,21,22). The lowest BCUT2D eigenvalue weighted by Gasteiger charge is -2.01. The van der Waals surface area contributed by atoms with E-state index in [0.717, 1.165) is 38.3 Å². The van der Waals surface area contributed by atoms with Crippen molar-refractivity contribution in [3.05, 3.63) is 77.6 Å². The molecule has 0 aliphatic carbocycles. The average molecular weight is 353 g/mol. The quantitative estimate of drug-likeness (QED) is 0.571. The van der Waals surface area contributed by atoms with Crippen molar-refractivity contribution in [1.82, 2.24) is 19.9 Å². The first-order chi connectivity index (χ1) is 11.8. The maximum absolute atomic E-state index is 5.98. The molecule has 0 amide bonds. The lowest BCUT2D eigenvalue weighted by Crippen LogP contribution is -1.91. The second-order valence-corrected chi connectivity index (χ2v) is 6.73. The number of hydrogen-bond acceptors (Lipinski definition) is 4. The highest BCUT2D eigenvalue weighted by atomic mass is 35.5. The van der Waals surface area contributed by atoms with E-state index < -0.39 is 0 Å². The van der Waals surface area contributed by atoms with Crippen LogP contribution in [0.25, 0.3) is 21.1 Å². The fourth-order valence-corrected chi connectivity index (χ4v) is 3.66. The minimum absolute atomic E-state index is 0.739. The maximum atomic E-state index is 5.98. The van der Waals surface area contributed by atoms with Crippen LogP contribution in [0.1, 0.15) is 11.3 Å². The highest BCUT2D eigenvalue weighted by molar-refractivity contribution is 7.18. The number of pyridine rings is 1. The third-order valence-corrected chi connectivity index (χ3v) is 5.08. The molecular weight excluding hydrogens is 340 g/mol. The molecule has 3 aromatic heterocycles. The number of imidazole rings is 1. The number of benzene rings is 1. The first kappa shape index (κ1) is 15.1. The van der Waals surface area contributed by atoms with Gasteiger partial charge in [-0.1, -0.05) is 23.7 Å². The molecular formula is C18H13ClN4S. The number of halogens is 1. The van der Waals surface area contributed by atoms with Crippen molar-refractivity contribution in [3.8, 4) is 21.1 Å². The van der Waals surface area contributed by atoms with Crippen LogP contribution in [0.4, 0.5) is 0 Å². The van der Waals surface area contributed by atoms with Crippen molar-refractivity contribution in [3.63, 3.8) is 0 Å². The molecule has 1 aromatic carbocycles. The minimum atomic E-state index is 0.739. The van der Waals surface area contributed by atoms with Gasteiger partial charge in [-0.25, -0.2) is 9.97 Å². The van der Waals surface area contributed by atoms with E-state index in [-0.39, 0.29) is 0 Å². The predicted molar refractivity (Wildman–Crippen MR) is 97.2 cm³/mol. The van der Waals surface area contributed by atoms with Crippen molar-refractivity contribution in [2.75, 3.05) is 0 Å². The zero-order valence-corrected chi connectivity index (χ0v) is 14.2. The van der Waals surface area contributed by atoms with Gasteiger partial charge in [0.25, 0.3) is 0 Å². The molecule has 1 N–H and O–H groups in total. The van der Waals surface area contributed by atoms with Gasteiger partial charge >= 0.3 is 0 Å². The van der Waals surface area contributed by atoms with Crippen molar-refractivity contribution in [2.45, 2.75) is 6.42 Å².